The molecule has 3 aromatic heterocycles. The van der Waals surface area contributed by atoms with Crippen LogP contribution in [0, 0.1) is 0 Å². The fraction of sp³-hybridized carbons (Fsp3) is 0.342. The summed E-state index contributed by atoms with van der Waals surface area (Å²) in [4.78, 5) is 21.4. The second-order valence-electron chi connectivity index (χ2n) is 12.7. The van der Waals surface area contributed by atoms with Gasteiger partial charge in [-0.15, -0.1) is 0 Å². The van der Waals surface area contributed by atoms with Crippen molar-refractivity contribution in [3.8, 4) is 39.5 Å². The van der Waals surface area contributed by atoms with E-state index in [-0.39, 0.29) is 11.9 Å². The van der Waals surface area contributed by atoms with E-state index in [0.717, 1.165) is 83.5 Å². The molecule has 2 saturated heterocycles. The summed E-state index contributed by atoms with van der Waals surface area (Å²) in [5.41, 5.74) is 7.72. The molecule has 7 rings (SSSR count). The zero-order chi connectivity index (χ0) is 33.9. The molecular weight excluding hydrogens is 659 g/mol. The van der Waals surface area contributed by atoms with Crippen LogP contribution in [0.2, 0.25) is 10.0 Å². The van der Waals surface area contributed by atoms with Crippen LogP contribution in [0.3, 0.4) is 0 Å². The van der Waals surface area contributed by atoms with Gasteiger partial charge in [0.05, 0.1) is 34.6 Å². The fourth-order valence-electron chi connectivity index (χ4n) is 6.81. The Morgan fingerprint density at radius 3 is 2.22 bits per heavy atom. The van der Waals surface area contributed by atoms with E-state index in [4.69, 9.17) is 42.6 Å². The summed E-state index contributed by atoms with van der Waals surface area (Å²) in [6.07, 6.45) is 6.11. The van der Waals surface area contributed by atoms with Crippen molar-refractivity contribution in [2.24, 2.45) is 7.05 Å². The monoisotopic (exact) mass is 698 g/mol. The summed E-state index contributed by atoms with van der Waals surface area (Å²) < 4.78 is 13.5. The zero-order valence-electron chi connectivity index (χ0n) is 27.7. The predicted molar refractivity (Wildman–Crippen MR) is 195 cm³/mol. The van der Waals surface area contributed by atoms with Gasteiger partial charge in [-0.2, -0.15) is 0 Å². The highest BCUT2D eigenvalue weighted by atomic mass is 35.5. The molecule has 1 amide bonds. The number of benzene rings is 2. The molecule has 254 valence electrons. The van der Waals surface area contributed by atoms with E-state index < -0.39 is 0 Å². The summed E-state index contributed by atoms with van der Waals surface area (Å²) in [6.45, 7) is 3.72. The summed E-state index contributed by atoms with van der Waals surface area (Å²) in [6, 6.07) is 20.1. The normalized spacial score (nSPS) is 17.6. The molecule has 2 atom stereocenters. The number of pyridine rings is 2. The van der Waals surface area contributed by atoms with Crippen molar-refractivity contribution in [1.82, 2.24) is 30.5 Å². The maximum atomic E-state index is 11.5. The smallest absolute Gasteiger partial charge is 0.220 e. The van der Waals surface area contributed by atoms with Crippen LogP contribution in [0.25, 0.3) is 44.7 Å². The van der Waals surface area contributed by atoms with Gasteiger partial charge in [-0.1, -0.05) is 65.7 Å². The molecule has 11 heteroatoms. The van der Waals surface area contributed by atoms with Gasteiger partial charge >= 0.3 is 0 Å². The number of halogens is 2. The van der Waals surface area contributed by atoms with Gasteiger partial charge in [0, 0.05) is 91.7 Å². The second-order valence-corrected chi connectivity index (χ2v) is 13.5. The minimum atomic E-state index is 0.107. The van der Waals surface area contributed by atoms with E-state index in [9.17, 15) is 4.79 Å². The lowest BCUT2D eigenvalue weighted by Crippen LogP contribution is -2.35. The van der Waals surface area contributed by atoms with Crippen LogP contribution < -0.4 is 20.7 Å². The Balaban J connectivity index is 1.12. The predicted octanol–water partition coefficient (Wildman–Crippen LogP) is 6.92. The zero-order valence-corrected chi connectivity index (χ0v) is 29.2. The highest BCUT2D eigenvalue weighted by Gasteiger charge is 2.21. The van der Waals surface area contributed by atoms with Crippen LogP contribution in [-0.2, 0) is 29.7 Å². The number of hydrogen-bond donors (Lipinski definition) is 3. The van der Waals surface area contributed by atoms with Gasteiger partial charge in [0.2, 0.25) is 11.8 Å². The van der Waals surface area contributed by atoms with Crippen LogP contribution in [0.5, 0.6) is 5.88 Å². The Morgan fingerprint density at radius 1 is 0.878 bits per heavy atom. The summed E-state index contributed by atoms with van der Waals surface area (Å²) >= 11 is 14.3. The molecule has 0 unspecified atom stereocenters. The summed E-state index contributed by atoms with van der Waals surface area (Å²) in [7, 11) is 3.64. The number of nitrogens with one attached hydrogen (secondary N) is 3. The van der Waals surface area contributed by atoms with Crippen LogP contribution in [0.15, 0.2) is 66.9 Å². The van der Waals surface area contributed by atoms with Gasteiger partial charge in [-0.3, -0.25) is 4.79 Å². The van der Waals surface area contributed by atoms with E-state index >= 15 is 0 Å². The molecule has 2 aliphatic heterocycles. The quantitative estimate of drug-likeness (QED) is 0.130. The highest BCUT2D eigenvalue weighted by molar-refractivity contribution is 6.39. The average molecular weight is 700 g/mol. The third kappa shape index (κ3) is 7.18. The lowest BCUT2D eigenvalue weighted by molar-refractivity contribution is -0.119. The van der Waals surface area contributed by atoms with Crippen molar-refractivity contribution >= 4 is 40.1 Å². The molecule has 2 fully saturated rings. The van der Waals surface area contributed by atoms with Gasteiger partial charge in [-0.25, -0.2) is 9.97 Å². The molecule has 0 spiro atoms. The number of carbonyl (C=O) groups is 1. The first-order valence-corrected chi connectivity index (χ1v) is 17.5. The molecule has 0 aliphatic carbocycles. The first kappa shape index (κ1) is 33.5. The van der Waals surface area contributed by atoms with Gasteiger partial charge in [0.1, 0.15) is 5.65 Å². The van der Waals surface area contributed by atoms with E-state index in [1.807, 2.05) is 61.6 Å². The summed E-state index contributed by atoms with van der Waals surface area (Å²) in [5.74, 6) is 0.627. The van der Waals surface area contributed by atoms with E-state index in [2.05, 4.69) is 32.8 Å². The molecule has 0 radical (unpaired) electrons. The maximum Gasteiger partial charge on any atom is 0.220 e. The van der Waals surface area contributed by atoms with Gasteiger partial charge in [-0.05, 0) is 43.0 Å². The highest BCUT2D eigenvalue weighted by Crippen LogP contribution is 2.42. The maximum absolute atomic E-state index is 11.5. The lowest BCUT2D eigenvalue weighted by Gasteiger charge is -2.15. The van der Waals surface area contributed by atoms with E-state index in [1.54, 1.807) is 7.11 Å². The van der Waals surface area contributed by atoms with Crippen molar-refractivity contribution in [2.75, 3.05) is 26.8 Å². The minimum Gasteiger partial charge on any atom is -0.481 e. The van der Waals surface area contributed by atoms with Gasteiger partial charge in [0.25, 0.3) is 0 Å². The Morgan fingerprint density at radius 2 is 1.55 bits per heavy atom. The molecule has 0 saturated carbocycles. The van der Waals surface area contributed by atoms with Crippen LogP contribution >= 0.6 is 23.2 Å². The third-order valence-corrected chi connectivity index (χ3v) is 10.2. The number of nitrogens with zero attached hydrogens (tertiary/aromatic N) is 3. The summed E-state index contributed by atoms with van der Waals surface area (Å²) in [5, 5.41) is 12.2. The van der Waals surface area contributed by atoms with Crippen LogP contribution in [0.1, 0.15) is 36.8 Å². The van der Waals surface area contributed by atoms with E-state index in [1.165, 1.54) is 5.56 Å². The number of aryl methyl sites for hydroxylation is 1. The molecular formula is C38H40Cl2N6O3. The SMILES string of the molecule is COc1nc(-c2cccc(-c3cccc(-c4ccc5c(CNC[C@@H]6CCCO6)cn(C)c5n4)c3Cl)c2Cl)ccc1CNC[C@@H]1CCC(=O)N1. The third-order valence-electron chi connectivity index (χ3n) is 9.38. The number of rotatable bonds is 12. The van der Waals surface area contributed by atoms with Gasteiger partial charge < -0.3 is 30.0 Å². The van der Waals surface area contributed by atoms with Crippen LogP contribution in [0.4, 0.5) is 0 Å². The Hall–Kier alpha value is -3.99. The minimum absolute atomic E-state index is 0.107. The van der Waals surface area contributed by atoms with Crippen molar-refractivity contribution in [1.29, 1.82) is 0 Å². The first-order valence-electron chi connectivity index (χ1n) is 16.8. The number of aromatic nitrogens is 3. The molecule has 3 N–H and O–H groups in total. The largest absolute Gasteiger partial charge is 0.481 e. The van der Waals surface area contributed by atoms with Crippen molar-refractivity contribution in [3.05, 3.63) is 88.0 Å². The van der Waals surface area contributed by atoms with Crippen molar-refractivity contribution < 1.29 is 14.3 Å². The van der Waals surface area contributed by atoms with Crippen molar-refractivity contribution in [3.63, 3.8) is 0 Å². The number of methoxy groups -OCH3 is 1. The molecule has 2 aromatic carbocycles. The number of hydrogen-bond acceptors (Lipinski definition) is 7. The number of fused-ring (bicyclic) bond motifs is 1. The molecule has 49 heavy (non-hydrogen) atoms. The average Bonchev–Trinajstić information content (AvgIpc) is 3.86. The molecule has 5 aromatic rings. The number of ether oxygens (including phenoxy) is 2. The lowest BCUT2D eigenvalue weighted by atomic mass is 9.98. The molecule has 0 bridgehead atoms. The Bertz CT molecular complexity index is 1990. The number of amides is 1. The second kappa shape index (κ2) is 14.9. The van der Waals surface area contributed by atoms with Crippen molar-refractivity contribution in [2.45, 2.75) is 50.9 Å². The Kier molecular flexibility index (Phi) is 10.2. The molecule has 5 heterocycles. The first-order chi connectivity index (χ1) is 23.9. The standard InChI is InChI=1S/C38H40Cl2N6O3/c1-46-22-24(19-42-21-26-6-5-17-49-26)27-13-15-32(44-37(27)46)30-9-3-7-28(35(30)39)29-8-4-10-31(36(29)40)33-14-11-23(38(45-33)48-2)18-41-20-25-12-16-34(47)43-25/h3-4,7-11,13-15,22,25-26,41-42H,5-6,12,16-21H2,1-2H3,(H,43,47)/t25-,26-/m0/s1. The molecule has 9 nitrogen and oxygen atoms in total. The van der Waals surface area contributed by atoms with E-state index in [0.29, 0.717) is 47.2 Å². The number of carbonyl (C=O) groups excluding carboxylic acids is 1. The van der Waals surface area contributed by atoms with Gasteiger partial charge in [0.15, 0.2) is 0 Å². The Labute approximate surface area is 296 Å². The van der Waals surface area contributed by atoms with Crippen LogP contribution in [-0.4, -0.2) is 59.4 Å². The topological polar surface area (TPSA) is 102 Å². The fourth-order valence-corrected chi connectivity index (χ4v) is 7.46. The molecule has 2 aliphatic rings.